The number of rotatable bonds is 6. The largest absolute Gasteiger partial charge is 0.408 e. The quantitative estimate of drug-likeness (QED) is 0.642. The molecule has 0 amide bonds. The summed E-state index contributed by atoms with van der Waals surface area (Å²) in [5, 5.41) is 3.96. The lowest BCUT2D eigenvalue weighted by Gasteiger charge is -2.41. The molecule has 0 aromatic carbocycles. The van der Waals surface area contributed by atoms with Gasteiger partial charge in [-0.3, -0.25) is 0 Å². The monoisotopic (exact) mass is 347 g/mol. The molecule has 0 aliphatic heterocycles. The van der Waals surface area contributed by atoms with Gasteiger partial charge < -0.3 is 8.95 Å². The molecule has 0 aliphatic carbocycles. The molecule has 0 aliphatic rings. The van der Waals surface area contributed by atoms with E-state index in [1.807, 2.05) is 6.92 Å². The Morgan fingerprint density at radius 1 is 1.11 bits per heavy atom. The van der Waals surface area contributed by atoms with Crippen molar-refractivity contribution in [1.82, 2.24) is 5.16 Å². The fourth-order valence-electron chi connectivity index (χ4n) is 3.19. The smallest absolute Gasteiger partial charge is 0.201 e. The average Bonchev–Trinajstić information content (AvgIpc) is 2.60. The van der Waals surface area contributed by atoms with E-state index in [9.17, 15) is 0 Å². The van der Waals surface area contributed by atoms with Crippen LogP contribution in [0.4, 0.5) is 0 Å². The molecule has 19 heavy (non-hydrogen) atoms. The van der Waals surface area contributed by atoms with E-state index in [0.29, 0.717) is 23.2 Å². The summed E-state index contributed by atoms with van der Waals surface area (Å²) in [6, 6.07) is 0. The molecule has 0 radical (unpaired) electrons. The van der Waals surface area contributed by atoms with Gasteiger partial charge in [-0.25, -0.2) is 0 Å². The fourth-order valence-corrected chi connectivity index (χ4v) is 8.83. The van der Waals surface area contributed by atoms with Crippen molar-refractivity contribution in [3.8, 4) is 0 Å². The van der Waals surface area contributed by atoms with E-state index in [1.165, 1.54) is 0 Å². The Hall–Kier alpha value is -0.133. The molecule has 110 valence electrons. The Morgan fingerprint density at radius 3 is 1.89 bits per heavy atom. The maximum atomic E-state index is 6.47. The summed E-state index contributed by atoms with van der Waals surface area (Å²) in [4.78, 5) is 0. The number of halogens is 1. The lowest BCUT2D eigenvalue weighted by atomic mass is 10.4. The topological polar surface area (TPSA) is 35.3 Å². The van der Waals surface area contributed by atoms with Gasteiger partial charge in [0.15, 0.2) is 5.76 Å². The molecule has 0 unspecified atom stereocenters. The summed E-state index contributed by atoms with van der Waals surface area (Å²) in [6.07, 6.45) is 0. The highest BCUT2D eigenvalue weighted by molar-refractivity contribution is 9.10. The lowest BCUT2D eigenvalue weighted by Crippen LogP contribution is -2.47. The Kier molecular flexibility index (Phi) is 5.83. The Morgan fingerprint density at radius 2 is 1.58 bits per heavy atom. The Balaban J connectivity index is 2.93. The highest BCUT2D eigenvalue weighted by Gasteiger charge is 2.45. The molecule has 0 N–H and O–H groups in total. The second kappa shape index (κ2) is 6.55. The van der Waals surface area contributed by atoms with Crippen LogP contribution in [0.5, 0.6) is 0 Å². The molecule has 0 saturated heterocycles. The van der Waals surface area contributed by atoms with Gasteiger partial charge in [0.2, 0.25) is 8.32 Å². The van der Waals surface area contributed by atoms with Crippen molar-refractivity contribution in [1.29, 1.82) is 0 Å². The molecule has 0 atom stereocenters. The van der Waals surface area contributed by atoms with Crippen LogP contribution in [-0.4, -0.2) is 13.5 Å². The van der Waals surface area contributed by atoms with Crippen LogP contribution < -0.4 is 0 Å². The van der Waals surface area contributed by atoms with E-state index < -0.39 is 8.32 Å². The predicted molar refractivity (Wildman–Crippen MR) is 84.8 cm³/mol. The molecule has 5 heteroatoms. The van der Waals surface area contributed by atoms with Gasteiger partial charge >= 0.3 is 0 Å². The van der Waals surface area contributed by atoms with Crippen LogP contribution in [0.15, 0.2) is 9.00 Å². The van der Waals surface area contributed by atoms with Crippen molar-refractivity contribution in [2.45, 2.75) is 71.7 Å². The summed E-state index contributed by atoms with van der Waals surface area (Å²) >= 11 is 3.51. The maximum absolute atomic E-state index is 6.47. The third-order valence-corrected chi connectivity index (χ3v) is 11.1. The van der Waals surface area contributed by atoms with Gasteiger partial charge in [0, 0.05) is 0 Å². The highest BCUT2D eigenvalue weighted by atomic mass is 79.9. The number of hydrogen-bond donors (Lipinski definition) is 0. The summed E-state index contributed by atoms with van der Waals surface area (Å²) in [7, 11) is -1.83. The van der Waals surface area contributed by atoms with Crippen LogP contribution in [0.3, 0.4) is 0 Å². The maximum Gasteiger partial charge on any atom is 0.201 e. The number of aromatic nitrogens is 1. The van der Waals surface area contributed by atoms with Crippen LogP contribution >= 0.6 is 15.9 Å². The van der Waals surface area contributed by atoms with E-state index >= 15 is 0 Å². The van der Waals surface area contributed by atoms with Crippen molar-refractivity contribution in [3.05, 3.63) is 15.9 Å². The van der Waals surface area contributed by atoms with E-state index in [4.69, 9.17) is 8.95 Å². The SMILES string of the molecule is Cc1noc(CO[Si](C(C)C)(C(C)C)C(C)C)c1Br. The standard InChI is InChI=1S/C14H26BrNO2Si/c1-9(2)19(10(3)4,11(5)6)17-8-13-14(15)12(7)16-18-13/h9-11H,8H2,1-7H3. The molecular formula is C14H26BrNO2Si. The van der Waals surface area contributed by atoms with Crippen LogP contribution in [0.25, 0.3) is 0 Å². The van der Waals surface area contributed by atoms with Gasteiger partial charge in [-0.2, -0.15) is 0 Å². The first kappa shape index (κ1) is 16.9. The fraction of sp³-hybridized carbons (Fsp3) is 0.786. The minimum absolute atomic E-state index is 0.516. The van der Waals surface area contributed by atoms with Gasteiger partial charge in [0.1, 0.15) is 0 Å². The molecule has 0 fully saturated rings. The number of nitrogens with zero attached hydrogens (tertiary/aromatic N) is 1. The summed E-state index contributed by atoms with van der Waals surface area (Å²) in [5.74, 6) is 0.802. The van der Waals surface area contributed by atoms with Crippen molar-refractivity contribution >= 4 is 24.2 Å². The van der Waals surface area contributed by atoms with Crippen molar-refractivity contribution in [3.63, 3.8) is 0 Å². The Labute approximate surface area is 126 Å². The lowest BCUT2D eigenvalue weighted by molar-refractivity contribution is 0.221. The predicted octanol–water partition coefficient (Wildman–Crippen LogP) is 5.44. The summed E-state index contributed by atoms with van der Waals surface area (Å²) in [5.41, 5.74) is 2.62. The van der Waals surface area contributed by atoms with Crippen LogP contribution in [0.1, 0.15) is 53.0 Å². The molecule has 1 aromatic rings. The minimum Gasteiger partial charge on any atom is -0.408 e. The van der Waals surface area contributed by atoms with Gasteiger partial charge in [-0.1, -0.05) is 46.7 Å². The van der Waals surface area contributed by atoms with Crippen molar-refractivity contribution in [2.75, 3.05) is 0 Å². The van der Waals surface area contributed by atoms with E-state index in [-0.39, 0.29) is 0 Å². The molecule has 1 aromatic heterocycles. The molecule has 0 bridgehead atoms. The molecule has 0 saturated carbocycles. The minimum atomic E-state index is -1.83. The zero-order chi connectivity index (χ0) is 14.8. The summed E-state index contributed by atoms with van der Waals surface area (Å²) < 4.78 is 12.7. The second-order valence-corrected chi connectivity index (χ2v) is 12.4. The number of aryl methyl sites for hydroxylation is 1. The number of hydrogen-bond acceptors (Lipinski definition) is 3. The van der Waals surface area contributed by atoms with Crippen LogP contribution in [-0.2, 0) is 11.0 Å². The average molecular weight is 348 g/mol. The van der Waals surface area contributed by atoms with E-state index in [0.717, 1.165) is 15.9 Å². The Bertz CT molecular complexity index is 394. The van der Waals surface area contributed by atoms with Gasteiger partial charge in [0.05, 0.1) is 16.8 Å². The van der Waals surface area contributed by atoms with E-state index in [2.05, 4.69) is 62.6 Å². The van der Waals surface area contributed by atoms with Gasteiger partial charge in [-0.15, -0.1) is 0 Å². The van der Waals surface area contributed by atoms with Gasteiger partial charge in [0.25, 0.3) is 0 Å². The first-order valence-electron chi connectivity index (χ1n) is 6.98. The second-order valence-electron chi connectivity index (χ2n) is 6.11. The first-order chi connectivity index (χ1) is 8.73. The highest BCUT2D eigenvalue weighted by Crippen LogP contribution is 2.43. The van der Waals surface area contributed by atoms with Crippen LogP contribution in [0.2, 0.25) is 16.6 Å². The summed E-state index contributed by atoms with van der Waals surface area (Å²) in [6.45, 7) is 16.1. The molecule has 1 rings (SSSR count). The van der Waals surface area contributed by atoms with Crippen molar-refractivity contribution in [2.24, 2.45) is 0 Å². The molecule has 0 spiro atoms. The van der Waals surface area contributed by atoms with E-state index in [1.54, 1.807) is 0 Å². The normalized spacial score (nSPS) is 13.0. The zero-order valence-corrected chi connectivity index (χ0v) is 15.7. The first-order valence-corrected chi connectivity index (χ1v) is 9.91. The van der Waals surface area contributed by atoms with Crippen LogP contribution in [0, 0.1) is 6.92 Å². The third kappa shape index (κ3) is 3.31. The van der Waals surface area contributed by atoms with Crippen molar-refractivity contribution < 1.29 is 8.95 Å². The molecule has 3 nitrogen and oxygen atoms in total. The molecular weight excluding hydrogens is 322 g/mol. The zero-order valence-electron chi connectivity index (χ0n) is 13.1. The van der Waals surface area contributed by atoms with Gasteiger partial charge in [-0.05, 0) is 39.5 Å². The molecule has 1 heterocycles. The third-order valence-electron chi connectivity index (χ3n) is 4.02.